The zero-order valence-corrected chi connectivity index (χ0v) is 17.6. The summed E-state index contributed by atoms with van der Waals surface area (Å²) in [5.41, 5.74) is 3.89. The molecule has 0 fully saturated rings. The van der Waals surface area contributed by atoms with E-state index in [1.165, 1.54) is 11.3 Å². The predicted octanol–water partition coefficient (Wildman–Crippen LogP) is 5.49. The van der Waals surface area contributed by atoms with E-state index in [1.807, 2.05) is 52.9 Å². The van der Waals surface area contributed by atoms with Crippen molar-refractivity contribution in [2.45, 2.75) is 0 Å². The summed E-state index contributed by atoms with van der Waals surface area (Å²) in [5.74, 6) is 0. The van der Waals surface area contributed by atoms with E-state index < -0.39 is 0 Å². The van der Waals surface area contributed by atoms with Gasteiger partial charge in [0, 0.05) is 20.1 Å². The number of benzene rings is 2. The van der Waals surface area contributed by atoms with Gasteiger partial charge in [-0.15, -0.1) is 0 Å². The van der Waals surface area contributed by atoms with Crippen LogP contribution in [0.25, 0.3) is 37.7 Å². The van der Waals surface area contributed by atoms with E-state index in [1.54, 1.807) is 6.20 Å². The number of imidazole rings is 1. The fraction of sp³-hybridized carbons (Fsp3) is 0. The number of hydrogen-bond donors (Lipinski definition) is 1. The maximum Gasteiger partial charge on any atom is 0.290 e. The topological polar surface area (TPSA) is 63.0 Å². The second kappa shape index (κ2) is 6.40. The number of aromatic amines is 1. The number of rotatable bonds is 2. The summed E-state index contributed by atoms with van der Waals surface area (Å²) in [6.07, 6.45) is 1.80. The van der Waals surface area contributed by atoms with Crippen LogP contribution in [0.2, 0.25) is 0 Å². The van der Waals surface area contributed by atoms with Gasteiger partial charge >= 0.3 is 0 Å². The summed E-state index contributed by atoms with van der Waals surface area (Å²) < 4.78 is 4.72. The van der Waals surface area contributed by atoms with Gasteiger partial charge in [-0.05, 0) is 24.3 Å². The molecule has 0 saturated carbocycles. The summed E-state index contributed by atoms with van der Waals surface area (Å²) in [6, 6.07) is 15.8. The molecule has 0 unspecified atom stereocenters. The van der Waals surface area contributed by atoms with Crippen LogP contribution in [0.15, 0.2) is 68.5 Å². The standard InChI is InChI=1S/C19H10Br2N4OS/c20-12-5-1-10(2-6-12)14-9-22-19-25(14)16-17(27-19)15(23-24-18(16)26)11-3-7-13(21)8-4-11/h1-9H,(H,24,26). The molecule has 0 radical (unpaired) electrons. The molecular formula is C19H10Br2N4OS. The lowest BCUT2D eigenvalue weighted by Gasteiger charge is -2.04. The lowest BCUT2D eigenvalue weighted by atomic mass is 10.1. The van der Waals surface area contributed by atoms with E-state index in [0.29, 0.717) is 5.52 Å². The van der Waals surface area contributed by atoms with Gasteiger partial charge in [0.15, 0.2) is 4.96 Å². The van der Waals surface area contributed by atoms with Gasteiger partial charge in [0.05, 0.1) is 16.6 Å². The van der Waals surface area contributed by atoms with Crippen LogP contribution < -0.4 is 5.56 Å². The van der Waals surface area contributed by atoms with Gasteiger partial charge in [0.25, 0.3) is 5.56 Å². The molecule has 3 heterocycles. The molecule has 0 atom stereocenters. The van der Waals surface area contributed by atoms with Gasteiger partial charge in [-0.25, -0.2) is 10.1 Å². The van der Waals surface area contributed by atoms with Crippen molar-refractivity contribution < 1.29 is 0 Å². The summed E-state index contributed by atoms with van der Waals surface area (Å²) in [4.78, 5) is 17.9. The fourth-order valence-electron chi connectivity index (χ4n) is 3.07. The number of thiazole rings is 1. The normalized spacial score (nSPS) is 11.5. The third-order valence-electron chi connectivity index (χ3n) is 4.32. The lowest BCUT2D eigenvalue weighted by Crippen LogP contribution is -2.11. The van der Waals surface area contributed by atoms with Crippen LogP contribution in [0.3, 0.4) is 0 Å². The van der Waals surface area contributed by atoms with E-state index in [2.05, 4.69) is 47.0 Å². The van der Waals surface area contributed by atoms with Gasteiger partial charge in [-0.3, -0.25) is 9.20 Å². The molecule has 5 rings (SSSR count). The summed E-state index contributed by atoms with van der Waals surface area (Å²) in [7, 11) is 0. The Morgan fingerprint density at radius 2 is 1.56 bits per heavy atom. The first-order valence-electron chi connectivity index (χ1n) is 8.02. The quantitative estimate of drug-likeness (QED) is 0.347. The number of H-pyrrole nitrogens is 1. The minimum Gasteiger partial charge on any atom is -0.278 e. The van der Waals surface area contributed by atoms with E-state index >= 15 is 0 Å². The predicted molar refractivity (Wildman–Crippen MR) is 115 cm³/mol. The molecule has 5 nitrogen and oxygen atoms in total. The van der Waals surface area contributed by atoms with Gasteiger partial charge in [0.1, 0.15) is 11.2 Å². The number of hydrogen-bond acceptors (Lipinski definition) is 4. The van der Waals surface area contributed by atoms with E-state index in [0.717, 1.165) is 41.1 Å². The Morgan fingerprint density at radius 3 is 2.22 bits per heavy atom. The average Bonchev–Trinajstić information content (AvgIpc) is 3.23. The zero-order valence-electron chi connectivity index (χ0n) is 13.6. The Balaban J connectivity index is 1.83. The van der Waals surface area contributed by atoms with Gasteiger partial charge < -0.3 is 0 Å². The maximum atomic E-state index is 12.7. The first-order valence-corrected chi connectivity index (χ1v) is 10.4. The highest BCUT2D eigenvalue weighted by Crippen LogP contribution is 2.35. The highest BCUT2D eigenvalue weighted by molar-refractivity contribution is 9.10. The SMILES string of the molecule is O=c1[nH]nc(-c2ccc(Br)cc2)c2sc3ncc(-c4ccc(Br)cc4)n3c12. The van der Waals surface area contributed by atoms with Crippen LogP contribution in [-0.2, 0) is 0 Å². The summed E-state index contributed by atoms with van der Waals surface area (Å²) in [6.45, 7) is 0. The number of nitrogens with zero attached hydrogens (tertiary/aromatic N) is 3. The first-order chi connectivity index (χ1) is 13.1. The molecule has 0 spiro atoms. The van der Waals surface area contributed by atoms with Gasteiger partial charge in [-0.2, -0.15) is 5.10 Å². The molecule has 5 aromatic rings. The molecule has 0 aliphatic rings. The monoisotopic (exact) mass is 500 g/mol. The highest BCUT2D eigenvalue weighted by atomic mass is 79.9. The second-order valence-electron chi connectivity index (χ2n) is 5.96. The average molecular weight is 502 g/mol. The van der Waals surface area contributed by atoms with Crippen molar-refractivity contribution in [1.29, 1.82) is 0 Å². The molecule has 0 saturated heterocycles. The molecule has 0 aliphatic carbocycles. The highest BCUT2D eigenvalue weighted by Gasteiger charge is 2.19. The Hall–Kier alpha value is -2.29. The van der Waals surface area contributed by atoms with Gasteiger partial charge in [0.2, 0.25) is 0 Å². The van der Waals surface area contributed by atoms with Gasteiger partial charge in [-0.1, -0.05) is 67.5 Å². The van der Waals surface area contributed by atoms with Crippen molar-refractivity contribution in [3.8, 4) is 22.5 Å². The Bertz CT molecular complexity index is 1310. The van der Waals surface area contributed by atoms with Crippen LogP contribution in [0.5, 0.6) is 0 Å². The largest absolute Gasteiger partial charge is 0.290 e. The lowest BCUT2D eigenvalue weighted by molar-refractivity contribution is 1.01. The van der Waals surface area contributed by atoms with E-state index in [4.69, 9.17) is 0 Å². The summed E-state index contributed by atoms with van der Waals surface area (Å²) >= 11 is 8.37. The van der Waals surface area contributed by atoms with Crippen LogP contribution in [0.1, 0.15) is 0 Å². The van der Waals surface area contributed by atoms with Crippen molar-refractivity contribution in [1.82, 2.24) is 19.6 Å². The van der Waals surface area contributed by atoms with Crippen molar-refractivity contribution in [3.05, 3.63) is 74.0 Å². The fourth-order valence-corrected chi connectivity index (χ4v) is 4.71. The molecule has 2 aromatic carbocycles. The number of fused-ring (bicyclic) bond motifs is 3. The zero-order chi connectivity index (χ0) is 18.5. The molecule has 8 heteroatoms. The number of halogens is 2. The number of aromatic nitrogens is 4. The van der Waals surface area contributed by atoms with E-state index in [9.17, 15) is 4.79 Å². The van der Waals surface area contributed by atoms with Crippen LogP contribution in [0, 0.1) is 0 Å². The molecule has 0 amide bonds. The molecular weight excluding hydrogens is 492 g/mol. The number of nitrogens with one attached hydrogen (secondary N) is 1. The Labute approximate surface area is 174 Å². The molecule has 3 aromatic heterocycles. The third kappa shape index (κ3) is 2.75. The van der Waals surface area contributed by atoms with Crippen LogP contribution >= 0.6 is 43.2 Å². The minimum atomic E-state index is -0.228. The van der Waals surface area contributed by atoms with Crippen LogP contribution in [-0.4, -0.2) is 19.6 Å². The summed E-state index contributed by atoms with van der Waals surface area (Å²) in [5, 5.41) is 6.95. The maximum absolute atomic E-state index is 12.7. The molecule has 27 heavy (non-hydrogen) atoms. The molecule has 1 N–H and O–H groups in total. The minimum absolute atomic E-state index is 0.228. The van der Waals surface area contributed by atoms with Crippen LogP contribution in [0.4, 0.5) is 0 Å². The van der Waals surface area contributed by atoms with Crippen molar-refractivity contribution in [2.24, 2.45) is 0 Å². The Kier molecular flexibility index (Phi) is 3.99. The molecule has 0 aliphatic heterocycles. The van der Waals surface area contributed by atoms with Crippen molar-refractivity contribution in [3.63, 3.8) is 0 Å². The molecule has 0 bridgehead atoms. The second-order valence-corrected chi connectivity index (χ2v) is 8.77. The Morgan fingerprint density at radius 1 is 0.926 bits per heavy atom. The van der Waals surface area contributed by atoms with Crippen molar-refractivity contribution >= 4 is 58.4 Å². The third-order valence-corrected chi connectivity index (χ3v) is 6.44. The smallest absolute Gasteiger partial charge is 0.278 e. The van der Waals surface area contributed by atoms with E-state index in [-0.39, 0.29) is 5.56 Å². The molecule has 132 valence electrons. The van der Waals surface area contributed by atoms with Crippen molar-refractivity contribution in [2.75, 3.05) is 0 Å². The first kappa shape index (κ1) is 16.9.